The van der Waals surface area contributed by atoms with Gasteiger partial charge in [0, 0.05) is 11.1 Å². The lowest BCUT2D eigenvalue weighted by Crippen LogP contribution is -2.55. The van der Waals surface area contributed by atoms with E-state index in [0.717, 1.165) is 0 Å². The number of phenolic OH excluding ortho intramolecular Hbond substituents is 2. The SMILES string of the molecule is Oc1ccc(F)cc1C(c1cc(F)ccc1O)(C(F)(F)F)C(F)(F)F. The van der Waals surface area contributed by atoms with Gasteiger partial charge in [0.1, 0.15) is 23.1 Å². The van der Waals surface area contributed by atoms with Gasteiger partial charge in [-0.05, 0) is 36.4 Å². The number of hydrogen-bond acceptors (Lipinski definition) is 2. The van der Waals surface area contributed by atoms with Gasteiger partial charge in [-0.2, -0.15) is 26.3 Å². The average molecular weight is 372 g/mol. The predicted octanol–water partition coefficient (Wildman–Crippen LogP) is 4.79. The third-order valence-electron chi connectivity index (χ3n) is 3.58. The Morgan fingerprint density at radius 1 is 0.600 bits per heavy atom. The van der Waals surface area contributed by atoms with Crippen LogP contribution in [0, 0.1) is 11.6 Å². The Labute approximate surface area is 134 Å². The first kappa shape index (κ1) is 18.8. The molecule has 0 aromatic heterocycles. The van der Waals surface area contributed by atoms with Crippen LogP contribution in [0.15, 0.2) is 36.4 Å². The van der Waals surface area contributed by atoms with E-state index in [2.05, 4.69) is 0 Å². The summed E-state index contributed by atoms with van der Waals surface area (Å²) < 4.78 is 109. The monoisotopic (exact) mass is 372 g/mol. The molecule has 0 atom stereocenters. The van der Waals surface area contributed by atoms with Crippen molar-refractivity contribution in [3.8, 4) is 11.5 Å². The minimum absolute atomic E-state index is 0.166. The molecule has 2 aromatic carbocycles. The lowest BCUT2D eigenvalue weighted by Gasteiger charge is -2.38. The van der Waals surface area contributed by atoms with Gasteiger partial charge in [-0.15, -0.1) is 0 Å². The molecule has 0 bridgehead atoms. The van der Waals surface area contributed by atoms with Crippen LogP contribution in [0.3, 0.4) is 0 Å². The minimum atomic E-state index is -6.21. The Kier molecular flexibility index (Phi) is 4.35. The molecule has 2 N–H and O–H groups in total. The van der Waals surface area contributed by atoms with Gasteiger partial charge >= 0.3 is 12.4 Å². The van der Waals surface area contributed by atoms with E-state index in [-0.39, 0.29) is 12.1 Å². The fourth-order valence-corrected chi connectivity index (χ4v) is 2.53. The van der Waals surface area contributed by atoms with Crippen LogP contribution in [-0.4, -0.2) is 22.6 Å². The molecule has 0 aliphatic rings. The van der Waals surface area contributed by atoms with Crippen LogP contribution >= 0.6 is 0 Å². The van der Waals surface area contributed by atoms with Gasteiger partial charge in [0.05, 0.1) is 0 Å². The maximum Gasteiger partial charge on any atom is 0.411 e. The molecule has 0 amide bonds. The van der Waals surface area contributed by atoms with Gasteiger partial charge in [0.15, 0.2) is 0 Å². The molecular weight excluding hydrogens is 364 g/mol. The number of rotatable bonds is 2. The highest BCUT2D eigenvalue weighted by atomic mass is 19.4. The number of phenols is 2. The molecule has 25 heavy (non-hydrogen) atoms. The van der Waals surface area contributed by atoms with E-state index in [0.29, 0.717) is 24.3 Å². The van der Waals surface area contributed by atoms with Gasteiger partial charge in [-0.1, -0.05) is 0 Å². The fraction of sp³-hybridized carbons (Fsp3) is 0.200. The molecule has 0 heterocycles. The minimum Gasteiger partial charge on any atom is -0.508 e. The third kappa shape index (κ3) is 2.85. The number of aromatic hydroxyl groups is 2. The molecule has 0 fully saturated rings. The molecule has 0 saturated heterocycles. The summed E-state index contributed by atoms with van der Waals surface area (Å²) in [7, 11) is 0. The second-order valence-corrected chi connectivity index (χ2v) is 5.07. The van der Waals surface area contributed by atoms with Crippen LogP contribution in [0.25, 0.3) is 0 Å². The largest absolute Gasteiger partial charge is 0.508 e. The summed E-state index contributed by atoms with van der Waals surface area (Å²) in [6.07, 6.45) is -12.4. The summed E-state index contributed by atoms with van der Waals surface area (Å²) in [6.45, 7) is 0. The Morgan fingerprint density at radius 2 is 0.920 bits per heavy atom. The Hall–Kier alpha value is -2.52. The lowest BCUT2D eigenvalue weighted by molar-refractivity contribution is -0.289. The van der Waals surface area contributed by atoms with Crippen molar-refractivity contribution in [2.75, 3.05) is 0 Å². The number of hydrogen-bond donors (Lipinski definition) is 2. The van der Waals surface area contributed by atoms with Crippen molar-refractivity contribution in [1.82, 2.24) is 0 Å². The zero-order valence-electron chi connectivity index (χ0n) is 11.9. The summed E-state index contributed by atoms with van der Waals surface area (Å²) in [4.78, 5) is 0. The van der Waals surface area contributed by atoms with Crippen molar-refractivity contribution < 1.29 is 45.3 Å². The summed E-state index contributed by atoms with van der Waals surface area (Å²) in [5.41, 5.74) is -8.90. The molecule has 0 spiro atoms. The van der Waals surface area contributed by atoms with Gasteiger partial charge in [-0.25, -0.2) is 8.78 Å². The van der Waals surface area contributed by atoms with Crippen LogP contribution in [-0.2, 0) is 5.41 Å². The molecule has 0 aliphatic heterocycles. The van der Waals surface area contributed by atoms with Crippen molar-refractivity contribution in [3.63, 3.8) is 0 Å². The first-order chi connectivity index (χ1) is 11.3. The smallest absolute Gasteiger partial charge is 0.411 e. The molecule has 0 radical (unpaired) electrons. The van der Waals surface area contributed by atoms with Crippen molar-refractivity contribution in [2.45, 2.75) is 17.8 Å². The molecule has 136 valence electrons. The highest BCUT2D eigenvalue weighted by Gasteiger charge is 2.74. The van der Waals surface area contributed by atoms with Crippen molar-refractivity contribution >= 4 is 0 Å². The average Bonchev–Trinajstić information content (AvgIpc) is 2.44. The molecule has 0 saturated carbocycles. The van der Waals surface area contributed by atoms with Gasteiger partial charge in [0.25, 0.3) is 0 Å². The van der Waals surface area contributed by atoms with E-state index in [1.54, 1.807) is 0 Å². The number of alkyl halides is 6. The van der Waals surface area contributed by atoms with Crippen LogP contribution in [0.5, 0.6) is 11.5 Å². The van der Waals surface area contributed by atoms with Crippen LogP contribution in [0.2, 0.25) is 0 Å². The first-order valence-corrected chi connectivity index (χ1v) is 6.44. The number of halogens is 8. The van der Waals surface area contributed by atoms with Gasteiger partial charge in [-0.3, -0.25) is 0 Å². The van der Waals surface area contributed by atoms with E-state index in [1.807, 2.05) is 0 Å². The molecule has 10 heteroatoms. The Morgan fingerprint density at radius 3 is 1.20 bits per heavy atom. The van der Waals surface area contributed by atoms with Gasteiger partial charge < -0.3 is 10.2 Å². The predicted molar refractivity (Wildman–Crippen MR) is 69.0 cm³/mol. The molecule has 2 nitrogen and oxygen atoms in total. The van der Waals surface area contributed by atoms with Crippen molar-refractivity contribution in [2.24, 2.45) is 0 Å². The molecule has 0 unspecified atom stereocenters. The topological polar surface area (TPSA) is 40.5 Å². The Balaban J connectivity index is 3.08. The first-order valence-electron chi connectivity index (χ1n) is 6.44. The van der Waals surface area contributed by atoms with E-state index >= 15 is 0 Å². The Bertz CT molecular complexity index is 728. The van der Waals surface area contributed by atoms with E-state index in [1.165, 1.54) is 0 Å². The zero-order chi connectivity index (χ0) is 19.2. The van der Waals surface area contributed by atoms with Crippen LogP contribution in [0.1, 0.15) is 11.1 Å². The lowest BCUT2D eigenvalue weighted by atomic mass is 9.72. The van der Waals surface area contributed by atoms with Gasteiger partial charge in [0.2, 0.25) is 5.41 Å². The van der Waals surface area contributed by atoms with E-state index in [4.69, 9.17) is 0 Å². The summed E-state index contributed by atoms with van der Waals surface area (Å²) in [5.74, 6) is -6.05. The second-order valence-electron chi connectivity index (χ2n) is 5.07. The maximum atomic E-state index is 13.7. The third-order valence-corrected chi connectivity index (χ3v) is 3.58. The zero-order valence-corrected chi connectivity index (χ0v) is 11.9. The van der Waals surface area contributed by atoms with Crippen LogP contribution < -0.4 is 0 Å². The number of benzene rings is 2. The maximum absolute atomic E-state index is 13.7. The highest BCUT2D eigenvalue weighted by molar-refractivity contribution is 5.54. The van der Waals surface area contributed by atoms with Crippen molar-refractivity contribution in [3.05, 3.63) is 59.2 Å². The summed E-state index contributed by atoms with van der Waals surface area (Å²) in [5, 5.41) is 19.2. The standard InChI is InChI=1S/C15H8F8O2/c16-7-1-3-11(24)9(5-7)13(14(18,19)20,15(21,22)23)10-6-8(17)2-4-12(10)25/h1-6,24-25H. The molecular formula is C15H8F8O2. The fourth-order valence-electron chi connectivity index (χ4n) is 2.53. The van der Waals surface area contributed by atoms with Crippen LogP contribution in [0.4, 0.5) is 35.1 Å². The second kappa shape index (κ2) is 5.78. The molecule has 2 aromatic rings. The molecule has 0 aliphatic carbocycles. The van der Waals surface area contributed by atoms with E-state index in [9.17, 15) is 45.3 Å². The van der Waals surface area contributed by atoms with Crippen molar-refractivity contribution in [1.29, 1.82) is 0 Å². The van der Waals surface area contributed by atoms with E-state index < -0.39 is 52.0 Å². The highest BCUT2D eigenvalue weighted by Crippen LogP contribution is 2.59. The molecule has 2 rings (SSSR count). The summed E-state index contributed by atoms with van der Waals surface area (Å²) in [6, 6.07) is 1.16. The quantitative estimate of drug-likeness (QED) is 0.745. The normalized spacial score (nSPS) is 13.1. The summed E-state index contributed by atoms with van der Waals surface area (Å²) >= 11 is 0.